The highest BCUT2D eigenvalue weighted by Gasteiger charge is 2.19. The van der Waals surface area contributed by atoms with Crippen LogP contribution in [0.3, 0.4) is 0 Å². The maximum absolute atomic E-state index is 13.3. The van der Waals surface area contributed by atoms with Crippen LogP contribution in [0.4, 0.5) is 5.69 Å². The van der Waals surface area contributed by atoms with Crippen LogP contribution in [0.2, 0.25) is 0 Å². The molecule has 1 N–H and O–H groups in total. The van der Waals surface area contributed by atoms with Gasteiger partial charge in [-0.15, -0.1) is 0 Å². The summed E-state index contributed by atoms with van der Waals surface area (Å²) in [6, 6.07) is 23.6. The van der Waals surface area contributed by atoms with Gasteiger partial charge in [-0.05, 0) is 55.3 Å². The summed E-state index contributed by atoms with van der Waals surface area (Å²) in [5, 5.41) is 3.88. The first kappa shape index (κ1) is 18.4. The maximum atomic E-state index is 13.3. The molecule has 0 unspecified atom stereocenters. The Bertz CT molecular complexity index is 1190. The number of amides is 1. The summed E-state index contributed by atoms with van der Waals surface area (Å²) in [4.78, 5) is 18.2. The number of anilines is 1. The van der Waals surface area contributed by atoms with E-state index in [2.05, 4.69) is 21.2 Å². The molecule has 4 rings (SSSR count). The standard InChI is InChI=1S/C24H19BrN2O/c1-15-7-6-10-19(13-15)26-24(28)22-16(2)23(17-8-4-3-5-9-17)27-21-12-11-18(25)14-20(21)22/h3-14H,1-2H3,(H,26,28). The minimum Gasteiger partial charge on any atom is -0.322 e. The predicted octanol–water partition coefficient (Wildman–Crippen LogP) is 6.53. The number of nitrogens with one attached hydrogen (secondary N) is 1. The highest BCUT2D eigenvalue weighted by Crippen LogP contribution is 2.31. The molecular weight excluding hydrogens is 412 g/mol. The number of rotatable bonds is 3. The second-order valence-corrected chi connectivity index (χ2v) is 7.73. The van der Waals surface area contributed by atoms with E-state index >= 15 is 0 Å². The molecule has 138 valence electrons. The lowest BCUT2D eigenvalue weighted by Crippen LogP contribution is -2.15. The van der Waals surface area contributed by atoms with E-state index in [1.54, 1.807) is 0 Å². The van der Waals surface area contributed by atoms with Crippen LogP contribution in [0, 0.1) is 13.8 Å². The quantitative estimate of drug-likeness (QED) is 0.401. The van der Waals surface area contributed by atoms with Crippen molar-refractivity contribution in [3.63, 3.8) is 0 Å². The molecule has 3 aromatic carbocycles. The Balaban J connectivity index is 1.91. The Labute approximate surface area is 172 Å². The van der Waals surface area contributed by atoms with Crippen LogP contribution in [-0.2, 0) is 0 Å². The zero-order valence-corrected chi connectivity index (χ0v) is 17.2. The van der Waals surface area contributed by atoms with Gasteiger partial charge in [0, 0.05) is 21.1 Å². The summed E-state index contributed by atoms with van der Waals surface area (Å²) in [6.07, 6.45) is 0. The molecule has 0 spiro atoms. The lowest BCUT2D eigenvalue weighted by Gasteiger charge is -2.15. The van der Waals surface area contributed by atoms with E-state index in [1.165, 1.54) is 0 Å². The Morgan fingerprint density at radius 2 is 1.71 bits per heavy atom. The topological polar surface area (TPSA) is 42.0 Å². The molecule has 0 aliphatic rings. The average molecular weight is 431 g/mol. The van der Waals surface area contributed by atoms with Gasteiger partial charge in [-0.25, -0.2) is 4.98 Å². The monoisotopic (exact) mass is 430 g/mol. The maximum Gasteiger partial charge on any atom is 0.256 e. The second kappa shape index (κ2) is 7.56. The van der Waals surface area contributed by atoms with E-state index in [9.17, 15) is 4.79 Å². The number of hydrogen-bond donors (Lipinski definition) is 1. The molecule has 0 radical (unpaired) electrons. The van der Waals surface area contributed by atoms with Crippen LogP contribution in [0.5, 0.6) is 0 Å². The number of carbonyl (C=O) groups excluding carboxylic acids is 1. The molecule has 0 atom stereocenters. The molecule has 0 bridgehead atoms. The van der Waals surface area contributed by atoms with Crippen molar-refractivity contribution < 1.29 is 4.79 Å². The van der Waals surface area contributed by atoms with E-state index in [0.717, 1.165) is 43.4 Å². The van der Waals surface area contributed by atoms with Crippen molar-refractivity contribution in [3.05, 3.63) is 94.0 Å². The molecule has 4 aromatic rings. The molecular formula is C24H19BrN2O. The van der Waals surface area contributed by atoms with Gasteiger partial charge in [0.05, 0.1) is 16.8 Å². The van der Waals surface area contributed by atoms with Crippen LogP contribution in [-0.4, -0.2) is 10.9 Å². The number of pyridine rings is 1. The minimum absolute atomic E-state index is 0.134. The normalized spacial score (nSPS) is 10.8. The fourth-order valence-corrected chi connectivity index (χ4v) is 3.78. The van der Waals surface area contributed by atoms with Gasteiger partial charge in [0.1, 0.15) is 0 Å². The number of aryl methyl sites for hydroxylation is 1. The highest BCUT2D eigenvalue weighted by molar-refractivity contribution is 9.10. The first-order valence-electron chi connectivity index (χ1n) is 9.06. The van der Waals surface area contributed by atoms with Gasteiger partial charge >= 0.3 is 0 Å². The molecule has 0 fully saturated rings. The van der Waals surface area contributed by atoms with Gasteiger partial charge in [-0.3, -0.25) is 4.79 Å². The smallest absolute Gasteiger partial charge is 0.256 e. The van der Waals surface area contributed by atoms with Crippen molar-refractivity contribution in [1.82, 2.24) is 4.98 Å². The summed E-state index contributed by atoms with van der Waals surface area (Å²) >= 11 is 3.52. The van der Waals surface area contributed by atoms with Crippen LogP contribution >= 0.6 is 15.9 Å². The Morgan fingerprint density at radius 1 is 0.929 bits per heavy atom. The zero-order chi connectivity index (χ0) is 19.7. The third-order valence-corrected chi connectivity index (χ3v) is 5.23. The van der Waals surface area contributed by atoms with Gasteiger partial charge in [-0.2, -0.15) is 0 Å². The molecule has 0 aliphatic heterocycles. The number of halogens is 1. The van der Waals surface area contributed by atoms with Crippen molar-refractivity contribution >= 4 is 38.4 Å². The fourth-order valence-electron chi connectivity index (χ4n) is 3.42. The Morgan fingerprint density at radius 3 is 2.46 bits per heavy atom. The molecule has 1 amide bonds. The Kier molecular flexibility index (Phi) is 4.97. The average Bonchev–Trinajstić information content (AvgIpc) is 2.68. The molecule has 1 heterocycles. The molecule has 0 saturated carbocycles. The van der Waals surface area contributed by atoms with E-state index in [0.29, 0.717) is 5.56 Å². The van der Waals surface area contributed by atoms with Crippen LogP contribution in [0.15, 0.2) is 77.3 Å². The van der Waals surface area contributed by atoms with E-state index < -0.39 is 0 Å². The summed E-state index contributed by atoms with van der Waals surface area (Å²) in [5.41, 5.74) is 6.00. The van der Waals surface area contributed by atoms with Crippen molar-refractivity contribution in [2.75, 3.05) is 5.32 Å². The minimum atomic E-state index is -0.134. The van der Waals surface area contributed by atoms with Crippen molar-refractivity contribution in [2.24, 2.45) is 0 Å². The molecule has 28 heavy (non-hydrogen) atoms. The van der Waals surface area contributed by atoms with Crippen LogP contribution in [0.25, 0.3) is 22.2 Å². The van der Waals surface area contributed by atoms with E-state index in [1.807, 2.05) is 86.6 Å². The zero-order valence-electron chi connectivity index (χ0n) is 15.7. The lowest BCUT2D eigenvalue weighted by atomic mass is 9.97. The highest BCUT2D eigenvalue weighted by atomic mass is 79.9. The molecule has 0 saturated heterocycles. The number of nitrogens with zero attached hydrogens (tertiary/aromatic N) is 1. The first-order valence-corrected chi connectivity index (χ1v) is 9.85. The molecule has 3 nitrogen and oxygen atoms in total. The number of fused-ring (bicyclic) bond motifs is 1. The summed E-state index contributed by atoms with van der Waals surface area (Å²) in [5.74, 6) is -0.134. The van der Waals surface area contributed by atoms with Gasteiger partial charge in [0.2, 0.25) is 0 Å². The number of hydrogen-bond acceptors (Lipinski definition) is 2. The lowest BCUT2D eigenvalue weighted by molar-refractivity contribution is 0.102. The largest absolute Gasteiger partial charge is 0.322 e. The van der Waals surface area contributed by atoms with Gasteiger partial charge < -0.3 is 5.32 Å². The second-order valence-electron chi connectivity index (χ2n) is 6.81. The first-order chi connectivity index (χ1) is 13.5. The van der Waals surface area contributed by atoms with Gasteiger partial charge in [-0.1, -0.05) is 58.4 Å². The Hall–Kier alpha value is -2.98. The third-order valence-electron chi connectivity index (χ3n) is 4.74. The number of benzene rings is 3. The third kappa shape index (κ3) is 3.56. The molecule has 1 aromatic heterocycles. The number of carbonyl (C=O) groups is 1. The SMILES string of the molecule is Cc1cccc(NC(=O)c2c(C)c(-c3ccccc3)nc3ccc(Br)cc23)c1. The van der Waals surface area contributed by atoms with Crippen molar-refractivity contribution in [3.8, 4) is 11.3 Å². The summed E-state index contributed by atoms with van der Waals surface area (Å²) in [6.45, 7) is 3.97. The summed E-state index contributed by atoms with van der Waals surface area (Å²) in [7, 11) is 0. The van der Waals surface area contributed by atoms with E-state index in [-0.39, 0.29) is 5.91 Å². The molecule has 0 aliphatic carbocycles. The van der Waals surface area contributed by atoms with Crippen molar-refractivity contribution in [1.29, 1.82) is 0 Å². The molecule has 4 heteroatoms. The van der Waals surface area contributed by atoms with E-state index in [4.69, 9.17) is 4.98 Å². The van der Waals surface area contributed by atoms with Crippen LogP contribution < -0.4 is 5.32 Å². The fraction of sp³-hybridized carbons (Fsp3) is 0.0833. The van der Waals surface area contributed by atoms with Crippen molar-refractivity contribution in [2.45, 2.75) is 13.8 Å². The van der Waals surface area contributed by atoms with Gasteiger partial charge in [0.15, 0.2) is 0 Å². The van der Waals surface area contributed by atoms with Crippen LogP contribution in [0.1, 0.15) is 21.5 Å². The van der Waals surface area contributed by atoms with Gasteiger partial charge in [0.25, 0.3) is 5.91 Å². The summed E-state index contributed by atoms with van der Waals surface area (Å²) < 4.78 is 0.915. The predicted molar refractivity (Wildman–Crippen MR) is 119 cm³/mol. The number of aromatic nitrogens is 1.